The molecule has 96 valence electrons. The van der Waals surface area contributed by atoms with Crippen molar-refractivity contribution < 1.29 is 4.42 Å². The fraction of sp³-hybridized carbons (Fsp3) is 0.188. The van der Waals surface area contributed by atoms with Crippen molar-refractivity contribution in [1.82, 2.24) is 10.3 Å². The third-order valence-electron chi connectivity index (χ3n) is 3.27. The molecule has 3 rings (SSSR count). The second-order valence-electron chi connectivity index (χ2n) is 4.63. The van der Waals surface area contributed by atoms with Gasteiger partial charge in [0.05, 0.1) is 6.54 Å². The Morgan fingerprint density at radius 2 is 1.95 bits per heavy atom. The Hall–Kier alpha value is -2.13. The zero-order chi connectivity index (χ0) is 13.1. The molecule has 19 heavy (non-hydrogen) atoms. The van der Waals surface area contributed by atoms with Gasteiger partial charge in [0.15, 0.2) is 0 Å². The Balaban J connectivity index is 1.69. The van der Waals surface area contributed by atoms with Gasteiger partial charge in [-0.1, -0.05) is 18.2 Å². The van der Waals surface area contributed by atoms with Crippen LogP contribution in [0.2, 0.25) is 0 Å². The first-order valence-electron chi connectivity index (χ1n) is 6.44. The van der Waals surface area contributed by atoms with E-state index >= 15 is 0 Å². The molecular weight excluding hydrogens is 236 g/mol. The van der Waals surface area contributed by atoms with Crippen molar-refractivity contribution in [3.8, 4) is 0 Å². The van der Waals surface area contributed by atoms with E-state index in [0.29, 0.717) is 0 Å². The summed E-state index contributed by atoms with van der Waals surface area (Å²) in [5.41, 5.74) is 2.17. The SMILES string of the molecule is C[C@@H](NCc1cc2ccccc2o1)c1ccncc1. The Morgan fingerprint density at radius 1 is 1.16 bits per heavy atom. The lowest BCUT2D eigenvalue weighted by molar-refractivity contribution is 0.482. The molecule has 0 spiro atoms. The Bertz CT molecular complexity index is 628. The molecule has 0 saturated heterocycles. The van der Waals surface area contributed by atoms with Crippen LogP contribution in [0.15, 0.2) is 59.3 Å². The molecule has 0 aliphatic rings. The summed E-state index contributed by atoms with van der Waals surface area (Å²) < 4.78 is 5.78. The van der Waals surface area contributed by atoms with Crippen molar-refractivity contribution in [1.29, 1.82) is 0 Å². The van der Waals surface area contributed by atoms with E-state index in [1.165, 1.54) is 5.56 Å². The van der Waals surface area contributed by atoms with E-state index in [0.717, 1.165) is 23.3 Å². The van der Waals surface area contributed by atoms with E-state index in [4.69, 9.17) is 4.42 Å². The highest BCUT2D eigenvalue weighted by Crippen LogP contribution is 2.19. The number of rotatable bonds is 4. The van der Waals surface area contributed by atoms with Gasteiger partial charge in [-0.15, -0.1) is 0 Å². The molecule has 0 bridgehead atoms. The third-order valence-corrected chi connectivity index (χ3v) is 3.27. The molecule has 0 amide bonds. The summed E-state index contributed by atoms with van der Waals surface area (Å²) in [6.07, 6.45) is 3.63. The van der Waals surface area contributed by atoms with E-state index in [2.05, 4.69) is 29.4 Å². The fourth-order valence-corrected chi connectivity index (χ4v) is 2.15. The number of benzene rings is 1. The lowest BCUT2D eigenvalue weighted by Gasteiger charge is -2.12. The van der Waals surface area contributed by atoms with Crippen LogP contribution in [0.3, 0.4) is 0 Å². The van der Waals surface area contributed by atoms with E-state index in [1.807, 2.05) is 42.7 Å². The molecule has 0 fully saturated rings. The number of fused-ring (bicyclic) bond motifs is 1. The summed E-state index contributed by atoms with van der Waals surface area (Å²) in [6, 6.07) is 14.5. The summed E-state index contributed by atoms with van der Waals surface area (Å²) in [7, 11) is 0. The first-order valence-corrected chi connectivity index (χ1v) is 6.44. The van der Waals surface area contributed by atoms with Crippen LogP contribution in [0.25, 0.3) is 11.0 Å². The molecule has 1 N–H and O–H groups in total. The average Bonchev–Trinajstić information content (AvgIpc) is 2.88. The van der Waals surface area contributed by atoms with Gasteiger partial charge in [0.2, 0.25) is 0 Å². The predicted molar refractivity (Wildman–Crippen MR) is 75.7 cm³/mol. The molecule has 1 atom stereocenters. The average molecular weight is 252 g/mol. The van der Waals surface area contributed by atoms with Crippen LogP contribution in [0.5, 0.6) is 0 Å². The van der Waals surface area contributed by atoms with Gasteiger partial charge in [-0.2, -0.15) is 0 Å². The Morgan fingerprint density at radius 3 is 2.74 bits per heavy atom. The largest absolute Gasteiger partial charge is 0.460 e. The molecule has 0 saturated carbocycles. The normalized spacial score (nSPS) is 12.7. The highest BCUT2D eigenvalue weighted by molar-refractivity contribution is 5.77. The molecule has 3 nitrogen and oxygen atoms in total. The minimum atomic E-state index is 0.274. The van der Waals surface area contributed by atoms with Gasteiger partial charge >= 0.3 is 0 Å². The molecular formula is C16H16N2O. The number of nitrogens with one attached hydrogen (secondary N) is 1. The van der Waals surface area contributed by atoms with Gasteiger partial charge in [0.1, 0.15) is 11.3 Å². The summed E-state index contributed by atoms with van der Waals surface area (Å²) in [5, 5.41) is 4.60. The number of nitrogens with zero attached hydrogens (tertiary/aromatic N) is 1. The van der Waals surface area contributed by atoms with Crippen LogP contribution in [-0.4, -0.2) is 4.98 Å². The molecule has 3 heteroatoms. The van der Waals surface area contributed by atoms with Crippen molar-refractivity contribution in [2.45, 2.75) is 19.5 Å². The fourth-order valence-electron chi connectivity index (χ4n) is 2.15. The minimum absolute atomic E-state index is 0.274. The summed E-state index contributed by atoms with van der Waals surface area (Å²) >= 11 is 0. The first kappa shape index (κ1) is 11.9. The smallest absolute Gasteiger partial charge is 0.134 e. The second kappa shape index (κ2) is 5.24. The highest BCUT2D eigenvalue weighted by Gasteiger charge is 2.07. The van der Waals surface area contributed by atoms with E-state index in [1.54, 1.807) is 0 Å². The van der Waals surface area contributed by atoms with Crippen molar-refractivity contribution in [3.63, 3.8) is 0 Å². The van der Waals surface area contributed by atoms with Crippen LogP contribution in [0.1, 0.15) is 24.3 Å². The topological polar surface area (TPSA) is 38.1 Å². The molecule has 0 unspecified atom stereocenters. The van der Waals surface area contributed by atoms with E-state index in [-0.39, 0.29) is 6.04 Å². The zero-order valence-electron chi connectivity index (χ0n) is 10.8. The van der Waals surface area contributed by atoms with Gasteiger partial charge in [-0.05, 0) is 36.8 Å². The summed E-state index contributed by atoms with van der Waals surface area (Å²) in [5.74, 6) is 0.960. The maximum atomic E-state index is 5.78. The van der Waals surface area contributed by atoms with Crippen LogP contribution >= 0.6 is 0 Å². The molecule has 2 aromatic heterocycles. The van der Waals surface area contributed by atoms with Gasteiger partial charge in [0.25, 0.3) is 0 Å². The number of hydrogen-bond donors (Lipinski definition) is 1. The van der Waals surface area contributed by atoms with Crippen molar-refractivity contribution in [3.05, 3.63) is 66.2 Å². The van der Waals surface area contributed by atoms with Crippen LogP contribution < -0.4 is 5.32 Å². The van der Waals surface area contributed by atoms with Crippen molar-refractivity contribution in [2.24, 2.45) is 0 Å². The quantitative estimate of drug-likeness (QED) is 0.769. The molecule has 0 aliphatic heterocycles. The molecule has 1 aromatic carbocycles. The Kier molecular flexibility index (Phi) is 3.29. The Labute approximate surface area is 112 Å². The van der Waals surface area contributed by atoms with Gasteiger partial charge in [-0.25, -0.2) is 0 Å². The van der Waals surface area contributed by atoms with Gasteiger partial charge in [-0.3, -0.25) is 4.98 Å². The van der Waals surface area contributed by atoms with E-state index in [9.17, 15) is 0 Å². The summed E-state index contributed by atoms with van der Waals surface area (Å²) in [4.78, 5) is 4.03. The monoisotopic (exact) mass is 252 g/mol. The van der Waals surface area contributed by atoms with Crippen LogP contribution in [-0.2, 0) is 6.54 Å². The van der Waals surface area contributed by atoms with Crippen LogP contribution in [0, 0.1) is 0 Å². The van der Waals surface area contributed by atoms with Gasteiger partial charge in [0, 0.05) is 23.8 Å². The van der Waals surface area contributed by atoms with Gasteiger partial charge < -0.3 is 9.73 Å². The standard InChI is InChI=1S/C16H16N2O/c1-12(13-6-8-17-9-7-13)18-11-15-10-14-4-2-3-5-16(14)19-15/h2-10,12,18H,11H2,1H3/t12-/m1/s1. The number of furan rings is 1. The predicted octanol–water partition coefficient (Wildman–Crippen LogP) is 3.68. The number of hydrogen-bond acceptors (Lipinski definition) is 3. The van der Waals surface area contributed by atoms with E-state index < -0.39 is 0 Å². The first-order chi connectivity index (χ1) is 9.33. The zero-order valence-corrected chi connectivity index (χ0v) is 10.8. The lowest BCUT2D eigenvalue weighted by Crippen LogP contribution is -2.17. The second-order valence-corrected chi connectivity index (χ2v) is 4.63. The molecule has 0 radical (unpaired) electrons. The third kappa shape index (κ3) is 2.66. The maximum absolute atomic E-state index is 5.78. The summed E-state index contributed by atoms with van der Waals surface area (Å²) in [6.45, 7) is 2.86. The van der Waals surface area contributed by atoms with Crippen LogP contribution in [0.4, 0.5) is 0 Å². The highest BCUT2D eigenvalue weighted by atomic mass is 16.3. The molecule has 2 heterocycles. The number of para-hydroxylation sites is 1. The molecule has 3 aromatic rings. The van der Waals surface area contributed by atoms with Crippen molar-refractivity contribution >= 4 is 11.0 Å². The number of aromatic nitrogens is 1. The molecule has 0 aliphatic carbocycles. The minimum Gasteiger partial charge on any atom is -0.460 e. The van der Waals surface area contributed by atoms with Crippen molar-refractivity contribution in [2.75, 3.05) is 0 Å². The lowest BCUT2D eigenvalue weighted by atomic mass is 10.1. The maximum Gasteiger partial charge on any atom is 0.134 e. The number of pyridine rings is 1.